The molecule has 0 aromatic carbocycles. The van der Waals surface area contributed by atoms with Gasteiger partial charge in [-0.2, -0.15) is 4.98 Å². The van der Waals surface area contributed by atoms with Gasteiger partial charge in [0.1, 0.15) is 0 Å². The molecule has 20 heavy (non-hydrogen) atoms. The molecule has 0 radical (unpaired) electrons. The van der Waals surface area contributed by atoms with Crippen LogP contribution in [0.2, 0.25) is 0 Å². The van der Waals surface area contributed by atoms with Crippen molar-refractivity contribution in [1.29, 1.82) is 0 Å². The normalized spacial score (nSPS) is 10.9. The molecule has 0 spiro atoms. The van der Waals surface area contributed by atoms with E-state index >= 15 is 0 Å². The molecule has 5 nitrogen and oxygen atoms in total. The van der Waals surface area contributed by atoms with Gasteiger partial charge in [0.05, 0.1) is 6.61 Å². The summed E-state index contributed by atoms with van der Waals surface area (Å²) in [5.74, 6) is 1.96. The quantitative estimate of drug-likeness (QED) is 0.752. The van der Waals surface area contributed by atoms with Crippen LogP contribution in [-0.4, -0.2) is 36.2 Å². The van der Waals surface area contributed by atoms with Crippen LogP contribution in [0.15, 0.2) is 6.07 Å². The fourth-order valence-corrected chi connectivity index (χ4v) is 1.94. The summed E-state index contributed by atoms with van der Waals surface area (Å²) in [7, 11) is 0. The van der Waals surface area contributed by atoms with E-state index in [0.29, 0.717) is 24.9 Å². The van der Waals surface area contributed by atoms with Crippen molar-refractivity contribution in [1.82, 2.24) is 9.97 Å². The van der Waals surface area contributed by atoms with Crippen LogP contribution < -0.4 is 15.4 Å². The van der Waals surface area contributed by atoms with Crippen LogP contribution in [0.4, 0.5) is 5.95 Å². The van der Waals surface area contributed by atoms with Crippen LogP contribution in [0.5, 0.6) is 5.88 Å². The topological polar surface area (TPSA) is 64.3 Å². The maximum atomic E-state index is 5.63. The lowest BCUT2D eigenvalue weighted by atomic mass is 10.2. The van der Waals surface area contributed by atoms with Gasteiger partial charge in [0.15, 0.2) is 0 Å². The maximum Gasteiger partial charge on any atom is 0.228 e. The highest BCUT2D eigenvalue weighted by Gasteiger charge is 2.13. The molecule has 5 heteroatoms. The predicted octanol–water partition coefficient (Wildman–Crippen LogP) is 2.39. The largest absolute Gasteiger partial charge is 0.478 e. The second-order valence-corrected chi connectivity index (χ2v) is 5.48. The molecule has 0 fully saturated rings. The van der Waals surface area contributed by atoms with E-state index in [-0.39, 0.29) is 0 Å². The number of nitrogens with two attached hydrogens (primary N) is 1. The molecule has 1 aromatic rings. The van der Waals surface area contributed by atoms with Crippen molar-refractivity contribution in [3.8, 4) is 5.88 Å². The van der Waals surface area contributed by atoms with Gasteiger partial charge < -0.3 is 15.4 Å². The van der Waals surface area contributed by atoms with Crippen molar-refractivity contribution in [2.45, 2.75) is 40.5 Å². The monoisotopic (exact) mass is 280 g/mol. The van der Waals surface area contributed by atoms with Crippen LogP contribution in [-0.2, 0) is 0 Å². The zero-order valence-electron chi connectivity index (χ0n) is 13.2. The fourth-order valence-electron chi connectivity index (χ4n) is 1.94. The Balaban J connectivity index is 2.89. The number of aryl methyl sites for hydroxylation is 1. The molecule has 1 aromatic heterocycles. The molecular weight excluding hydrogens is 252 g/mol. The number of ether oxygens (including phenoxy) is 1. The van der Waals surface area contributed by atoms with Gasteiger partial charge in [0, 0.05) is 24.8 Å². The first-order valence-corrected chi connectivity index (χ1v) is 7.50. The van der Waals surface area contributed by atoms with E-state index in [4.69, 9.17) is 10.5 Å². The minimum atomic E-state index is 0.553. The Labute approximate surface area is 122 Å². The number of rotatable bonds is 9. The van der Waals surface area contributed by atoms with Crippen LogP contribution in [0.1, 0.15) is 39.3 Å². The summed E-state index contributed by atoms with van der Waals surface area (Å²) in [6.07, 6.45) is 1.91. The van der Waals surface area contributed by atoms with E-state index in [1.807, 2.05) is 13.0 Å². The Hall–Kier alpha value is -1.36. The molecule has 0 bridgehead atoms. The minimum absolute atomic E-state index is 0.553. The molecule has 0 aliphatic rings. The van der Waals surface area contributed by atoms with Gasteiger partial charge in [0.2, 0.25) is 11.8 Å². The first-order valence-electron chi connectivity index (χ1n) is 7.50. The third-order valence-electron chi connectivity index (χ3n) is 2.77. The van der Waals surface area contributed by atoms with E-state index in [1.54, 1.807) is 0 Å². The SMILES string of the molecule is CCCOc1cc(C)nc(N(CCCN)CC(C)C)n1. The van der Waals surface area contributed by atoms with Gasteiger partial charge in [0.25, 0.3) is 0 Å². The number of hydrogen-bond donors (Lipinski definition) is 1. The van der Waals surface area contributed by atoms with Gasteiger partial charge in [-0.05, 0) is 32.2 Å². The van der Waals surface area contributed by atoms with E-state index in [2.05, 4.69) is 35.6 Å². The molecule has 2 N–H and O–H groups in total. The molecule has 114 valence electrons. The summed E-state index contributed by atoms with van der Waals surface area (Å²) in [5.41, 5.74) is 6.55. The van der Waals surface area contributed by atoms with Crippen LogP contribution in [0.3, 0.4) is 0 Å². The first kappa shape index (κ1) is 16.7. The molecule has 0 aliphatic carbocycles. The summed E-state index contributed by atoms with van der Waals surface area (Å²) in [5, 5.41) is 0. The molecule has 0 atom stereocenters. The van der Waals surface area contributed by atoms with E-state index in [1.165, 1.54) is 0 Å². The van der Waals surface area contributed by atoms with Gasteiger partial charge >= 0.3 is 0 Å². The Morgan fingerprint density at radius 3 is 2.70 bits per heavy atom. The highest BCUT2D eigenvalue weighted by molar-refractivity contribution is 5.34. The predicted molar refractivity (Wildman–Crippen MR) is 83.3 cm³/mol. The van der Waals surface area contributed by atoms with Crippen molar-refractivity contribution >= 4 is 5.95 Å². The van der Waals surface area contributed by atoms with Crippen LogP contribution in [0.25, 0.3) is 0 Å². The summed E-state index contributed by atoms with van der Waals surface area (Å²) in [4.78, 5) is 11.3. The second kappa shape index (κ2) is 8.74. The van der Waals surface area contributed by atoms with E-state index < -0.39 is 0 Å². The lowest BCUT2D eigenvalue weighted by Crippen LogP contribution is -2.31. The number of aromatic nitrogens is 2. The number of hydrogen-bond acceptors (Lipinski definition) is 5. The van der Waals surface area contributed by atoms with Crippen LogP contribution in [0, 0.1) is 12.8 Å². The van der Waals surface area contributed by atoms with Gasteiger partial charge in [-0.1, -0.05) is 20.8 Å². The van der Waals surface area contributed by atoms with Gasteiger partial charge in [-0.15, -0.1) is 0 Å². The average Bonchev–Trinajstić information content (AvgIpc) is 2.40. The highest BCUT2D eigenvalue weighted by Crippen LogP contribution is 2.17. The number of nitrogens with zero attached hydrogens (tertiary/aromatic N) is 3. The van der Waals surface area contributed by atoms with E-state index in [9.17, 15) is 0 Å². The molecule has 0 unspecified atom stereocenters. The molecule has 1 rings (SSSR count). The second-order valence-electron chi connectivity index (χ2n) is 5.48. The third kappa shape index (κ3) is 5.74. The van der Waals surface area contributed by atoms with Crippen molar-refractivity contribution in [3.63, 3.8) is 0 Å². The lowest BCUT2D eigenvalue weighted by Gasteiger charge is -2.25. The molecule has 0 aliphatic heterocycles. The molecule has 0 saturated heterocycles. The first-order chi connectivity index (χ1) is 9.56. The third-order valence-corrected chi connectivity index (χ3v) is 2.77. The van der Waals surface area contributed by atoms with E-state index in [0.717, 1.165) is 37.6 Å². The zero-order chi connectivity index (χ0) is 15.0. The van der Waals surface area contributed by atoms with Crippen LogP contribution >= 0.6 is 0 Å². The van der Waals surface area contributed by atoms with Crippen molar-refractivity contribution in [3.05, 3.63) is 11.8 Å². The smallest absolute Gasteiger partial charge is 0.228 e. The Morgan fingerprint density at radius 2 is 2.10 bits per heavy atom. The Kier molecular flexibility index (Phi) is 7.30. The molecule has 0 amide bonds. The maximum absolute atomic E-state index is 5.63. The fraction of sp³-hybridized carbons (Fsp3) is 0.733. The molecular formula is C15H28N4O. The summed E-state index contributed by atoms with van der Waals surface area (Å²) < 4.78 is 5.63. The van der Waals surface area contributed by atoms with Gasteiger partial charge in [-0.25, -0.2) is 4.98 Å². The summed E-state index contributed by atoms with van der Waals surface area (Å²) in [6.45, 7) is 11.6. The molecule has 1 heterocycles. The lowest BCUT2D eigenvalue weighted by molar-refractivity contribution is 0.304. The average molecular weight is 280 g/mol. The Bertz CT molecular complexity index is 395. The van der Waals surface area contributed by atoms with Crippen molar-refractivity contribution in [2.24, 2.45) is 11.7 Å². The molecule has 0 saturated carbocycles. The van der Waals surface area contributed by atoms with Crippen molar-refractivity contribution < 1.29 is 4.74 Å². The Morgan fingerprint density at radius 1 is 1.35 bits per heavy atom. The number of anilines is 1. The zero-order valence-corrected chi connectivity index (χ0v) is 13.2. The standard InChI is InChI=1S/C15H28N4O/c1-5-9-20-14-10-13(4)17-15(18-14)19(8-6-7-16)11-12(2)3/h10,12H,5-9,11,16H2,1-4H3. The highest BCUT2D eigenvalue weighted by atomic mass is 16.5. The summed E-state index contributed by atoms with van der Waals surface area (Å²) in [6, 6.07) is 1.88. The van der Waals surface area contributed by atoms with Crippen molar-refractivity contribution in [2.75, 3.05) is 31.1 Å². The van der Waals surface area contributed by atoms with Gasteiger partial charge in [-0.3, -0.25) is 0 Å². The summed E-state index contributed by atoms with van der Waals surface area (Å²) >= 11 is 0. The minimum Gasteiger partial charge on any atom is -0.478 e.